The number of carbonyl (C=O) groups is 1. The molecule has 0 aliphatic rings. The molecule has 0 spiro atoms. The van der Waals surface area contributed by atoms with Gasteiger partial charge >= 0.3 is 0 Å². The molecule has 124 valence electrons. The van der Waals surface area contributed by atoms with Crippen LogP contribution in [0.3, 0.4) is 0 Å². The number of rotatable bonds is 5. The van der Waals surface area contributed by atoms with E-state index in [0.29, 0.717) is 22.6 Å². The normalized spacial score (nSPS) is 11.7. The molecule has 0 atom stereocenters. The fourth-order valence-corrected chi connectivity index (χ4v) is 3.91. The second kappa shape index (κ2) is 6.04. The van der Waals surface area contributed by atoms with Gasteiger partial charge in [-0.25, -0.2) is 8.42 Å². The van der Waals surface area contributed by atoms with Gasteiger partial charge in [-0.1, -0.05) is 0 Å². The molecular weight excluding hydrogens is 316 g/mol. The van der Waals surface area contributed by atoms with Gasteiger partial charge in [-0.05, 0) is 52.0 Å². The number of hydrogen-bond acceptors (Lipinski definition) is 4. The predicted octanol–water partition coefficient (Wildman–Crippen LogP) is 1.98. The van der Waals surface area contributed by atoms with Gasteiger partial charge in [-0.2, -0.15) is 5.10 Å². The number of nitrogens with one attached hydrogen (secondary N) is 1. The molecule has 7 nitrogen and oxygen atoms in total. The molecular formula is C15H20N4O3S. The highest BCUT2D eigenvalue weighted by Crippen LogP contribution is 2.24. The standard InChI is InChI=1S/C15H20N4O3S/c1-9(2)19-11(4)14(10(3)17-19)23(21,22)18-13-7-5-12(6-8-13)15(16)20/h5-9,18H,1-4H3,(H2,16,20). The highest BCUT2D eigenvalue weighted by atomic mass is 32.2. The summed E-state index contributed by atoms with van der Waals surface area (Å²) in [5.74, 6) is -0.565. The number of sulfonamides is 1. The van der Waals surface area contributed by atoms with E-state index in [4.69, 9.17) is 5.73 Å². The SMILES string of the molecule is Cc1nn(C(C)C)c(C)c1S(=O)(=O)Nc1ccc(C(N)=O)cc1. The van der Waals surface area contributed by atoms with Crippen LogP contribution in [0.25, 0.3) is 0 Å². The van der Waals surface area contributed by atoms with Crippen molar-refractivity contribution >= 4 is 21.6 Å². The van der Waals surface area contributed by atoms with Crippen LogP contribution in [0.2, 0.25) is 0 Å². The molecule has 0 unspecified atom stereocenters. The Morgan fingerprint density at radius 3 is 2.22 bits per heavy atom. The Morgan fingerprint density at radius 2 is 1.78 bits per heavy atom. The summed E-state index contributed by atoms with van der Waals surface area (Å²) in [5.41, 5.74) is 6.85. The van der Waals surface area contributed by atoms with E-state index in [-0.39, 0.29) is 10.9 Å². The molecule has 8 heteroatoms. The van der Waals surface area contributed by atoms with E-state index in [9.17, 15) is 13.2 Å². The van der Waals surface area contributed by atoms with Crippen LogP contribution in [-0.2, 0) is 10.0 Å². The molecule has 0 saturated carbocycles. The van der Waals surface area contributed by atoms with E-state index in [1.807, 2.05) is 13.8 Å². The average Bonchev–Trinajstić information content (AvgIpc) is 2.74. The molecule has 0 aliphatic carbocycles. The Bertz CT molecular complexity index is 836. The lowest BCUT2D eigenvalue weighted by Gasteiger charge is -2.10. The van der Waals surface area contributed by atoms with Gasteiger partial charge in [0.15, 0.2) is 0 Å². The van der Waals surface area contributed by atoms with Crippen molar-refractivity contribution in [2.75, 3.05) is 4.72 Å². The molecule has 23 heavy (non-hydrogen) atoms. The summed E-state index contributed by atoms with van der Waals surface area (Å²) in [6.07, 6.45) is 0. The van der Waals surface area contributed by atoms with Crippen LogP contribution in [0.4, 0.5) is 5.69 Å². The van der Waals surface area contributed by atoms with E-state index >= 15 is 0 Å². The van der Waals surface area contributed by atoms with Crippen molar-refractivity contribution in [3.63, 3.8) is 0 Å². The topological polar surface area (TPSA) is 107 Å². The summed E-state index contributed by atoms with van der Waals surface area (Å²) in [6.45, 7) is 7.26. The van der Waals surface area contributed by atoms with Crippen molar-refractivity contribution in [1.29, 1.82) is 0 Å². The summed E-state index contributed by atoms with van der Waals surface area (Å²) in [4.78, 5) is 11.2. The zero-order chi connectivity index (χ0) is 17.4. The van der Waals surface area contributed by atoms with Crippen molar-refractivity contribution in [2.45, 2.75) is 38.6 Å². The summed E-state index contributed by atoms with van der Waals surface area (Å²) < 4.78 is 29.5. The number of nitrogens with two attached hydrogens (primary N) is 1. The second-order valence-corrected chi connectivity index (χ2v) is 7.20. The largest absolute Gasteiger partial charge is 0.366 e. The highest BCUT2D eigenvalue weighted by molar-refractivity contribution is 7.92. The molecule has 1 aromatic heterocycles. The van der Waals surface area contributed by atoms with Crippen LogP contribution < -0.4 is 10.5 Å². The first kappa shape index (κ1) is 17.0. The first-order valence-electron chi connectivity index (χ1n) is 7.12. The van der Waals surface area contributed by atoms with Crippen LogP contribution in [0, 0.1) is 13.8 Å². The minimum atomic E-state index is -3.77. The van der Waals surface area contributed by atoms with E-state index in [2.05, 4.69) is 9.82 Å². The monoisotopic (exact) mass is 336 g/mol. The number of carbonyl (C=O) groups excluding carboxylic acids is 1. The van der Waals surface area contributed by atoms with Gasteiger partial charge in [-0.15, -0.1) is 0 Å². The van der Waals surface area contributed by atoms with E-state index in [0.717, 1.165) is 0 Å². The fourth-order valence-electron chi connectivity index (χ4n) is 2.45. The van der Waals surface area contributed by atoms with Crippen LogP contribution >= 0.6 is 0 Å². The van der Waals surface area contributed by atoms with Crippen molar-refractivity contribution in [3.8, 4) is 0 Å². The zero-order valence-corrected chi connectivity index (χ0v) is 14.3. The molecule has 1 heterocycles. The van der Waals surface area contributed by atoms with Gasteiger partial charge in [0.2, 0.25) is 5.91 Å². The lowest BCUT2D eigenvalue weighted by atomic mass is 10.2. The van der Waals surface area contributed by atoms with Crippen LogP contribution in [0.15, 0.2) is 29.2 Å². The van der Waals surface area contributed by atoms with E-state index in [1.54, 1.807) is 18.5 Å². The maximum atomic E-state index is 12.6. The number of anilines is 1. The molecule has 0 radical (unpaired) electrons. The van der Waals surface area contributed by atoms with Gasteiger partial charge in [-0.3, -0.25) is 14.2 Å². The summed E-state index contributed by atoms with van der Waals surface area (Å²) in [6, 6.07) is 5.99. The molecule has 2 rings (SSSR count). The van der Waals surface area contributed by atoms with Crippen molar-refractivity contribution in [1.82, 2.24) is 9.78 Å². The average molecular weight is 336 g/mol. The zero-order valence-electron chi connectivity index (χ0n) is 13.5. The third-order valence-electron chi connectivity index (χ3n) is 3.44. The summed E-state index contributed by atoms with van der Waals surface area (Å²) in [7, 11) is -3.77. The van der Waals surface area contributed by atoms with Crippen LogP contribution in [-0.4, -0.2) is 24.1 Å². The fraction of sp³-hybridized carbons (Fsp3) is 0.333. The third kappa shape index (κ3) is 3.37. The van der Waals surface area contributed by atoms with Gasteiger partial charge in [0.25, 0.3) is 10.0 Å². The van der Waals surface area contributed by atoms with E-state index in [1.165, 1.54) is 24.3 Å². The molecule has 1 amide bonds. The van der Waals surface area contributed by atoms with Gasteiger partial charge in [0.1, 0.15) is 4.90 Å². The van der Waals surface area contributed by atoms with Crippen LogP contribution in [0.1, 0.15) is 41.6 Å². The van der Waals surface area contributed by atoms with Crippen molar-refractivity contribution < 1.29 is 13.2 Å². The van der Waals surface area contributed by atoms with Crippen molar-refractivity contribution in [3.05, 3.63) is 41.2 Å². The van der Waals surface area contributed by atoms with Gasteiger partial charge in [0.05, 0.1) is 11.4 Å². The van der Waals surface area contributed by atoms with Crippen molar-refractivity contribution in [2.24, 2.45) is 5.73 Å². The first-order chi connectivity index (χ1) is 10.6. The third-order valence-corrected chi connectivity index (χ3v) is 5.07. The number of benzene rings is 1. The van der Waals surface area contributed by atoms with Gasteiger partial charge < -0.3 is 5.73 Å². The lowest BCUT2D eigenvalue weighted by molar-refractivity contribution is 0.100. The number of aromatic nitrogens is 2. The minimum absolute atomic E-state index is 0.0625. The number of hydrogen-bond donors (Lipinski definition) is 2. The first-order valence-corrected chi connectivity index (χ1v) is 8.60. The Balaban J connectivity index is 2.38. The Kier molecular flexibility index (Phi) is 4.46. The molecule has 0 bridgehead atoms. The quantitative estimate of drug-likeness (QED) is 0.870. The minimum Gasteiger partial charge on any atom is -0.366 e. The maximum Gasteiger partial charge on any atom is 0.265 e. The lowest BCUT2D eigenvalue weighted by Crippen LogP contribution is -2.16. The Morgan fingerprint density at radius 1 is 1.22 bits per heavy atom. The summed E-state index contributed by atoms with van der Waals surface area (Å²) in [5, 5.41) is 4.29. The summed E-state index contributed by atoms with van der Waals surface area (Å²) >= 11 is 0. The molecule has 1 aromatic carbocycles. The van der Waals surface area contributed by atoms with E-state index < -0.39 is 15.9 Å². The highest BCUT2D eigenvalue weighted by Gasteiger charge is 2.25. The maximum absolute atomic E-state index is 12.6. The number of amides is 1. The second-order valence-electron chi connectivity index (χ2n) is 5.59. The number of primary amides is 1. The molecule has 0 saturated heterocycles. The molecule has 0 fully saturated rings. The number of aryl methyl sites for hydroxylation is 1. The predicted molar refractivity (Wildman–Crippen MR) is 87.9 cm³/mol. The molecule has 3 N–H and O–H groups in total. The Labute approximate surface area is 135 Å². The van der Waals surface area contributed by atoms with Gasteiger partial charge in [0, 0.05) is 17.3 Å². The number of nitrogens with zero attached hydrogens (tertiary/aromatic N) is 2. The van der Waals surface area contributed by atoms with Crippen LogP contribution in [0.5, 0.6) is 0 Å². The smallest absolute Gasteiger partial charge is 0.265 e. The molecule has 2 aromatic rings. The Hall–Kier alpha value is -2.35. The molecule has 0 aliphatic heterocycles.